The van der Waals surface area contributed by atoms with Gasteiger partial charge in [-0.25, -0.2) is 0 Å². The van der Waals surface area contributed by atoms with Crippen molar-refractivity contribution in [2.45, 2.75) is 26.8 Å². The molecule has 7 heteroatoms. The first-order chi connectivity index (χ1) is 15.2. The maximum atomic E-state index is 13.0. The van der Waals surface area contributed by atoms with E-state index in [9.17, 15) is 14.7 Å². The third-order valence-electron chi connectivity index (χ3n) is 5.28. The number of halogens is 1. The number of Topliss-reactive ketones (excluding diaryl/α,β-unsaturated/α-hetero) is 1. The third kappa shape index (κ3) is 4.97. The number of carbonyl (C=O) groups is 2. The number of carbonyl (C=O) groups excluding carboxylic acids is 2. The average Bonchev–Trinajstić information content (AvgIpc) is 3.01. The predicted octanol–water partition coefficient (Wildman–Crippen LogP) is 4.75. The number of aryl methyl sites for hydroxylation is 1. The van der Waals surface area contributed by atoms with Gasteiger partial charge in [-0.2, -0.15) is 0 Å². The van der Waals surface area contributed by atoms with E-state index in [0.29, 0.717) is 34.4 Å². The van der Waals surface area contributed by atoms with E-state index in [1.165, 1.54) is 12.0 Å². The van der Waals surface area contributed by atoms with E-state index in [4.69, 9.17) is 21.1 Å². The Balaban J connectivity index is 2.06. The zero-order chi connectivity index (χ0) is 23.4. The molecule has 1 fully saturated rings. The summed E-state index contributed by atoms with van der Waals surface area (Å²) < 4.78 is 10.9. The van der Waals surface area contributed by atoms with Crippen LogP contribution in [-0.2, 0) is 14.3 Å². The fourth-order valence-corrected chi connectivity index (χ4v) is 3.79. The molecular formula is C25H28ClNO5. The number of rotatable bonds is 8. The lowest BCUT2D eigenvalue weighted by Crippen LogP contribution is -2.32. The van der Waals surface area contributed by atoms with Crippen LogP contribution in [0.3, 0.4) is 0 Å². The number of hydrogen-bond acceptors (Lipinski definition) is 5. The van der Waals surface area contributed by atoms with Crippen molar-refractivity contribution in [2.24, 2.45) is 5.92 Å². The summed E-state index contributed by atoms with van der Waals surface area (Å²) in [4.78, 5) is 27.2. The molecule has 1 aliphatic heterocycles. The largest absolute Gasteiger partial charge is 0.507 e. The van der Waals surface area contributed by atoms with E-state index in [-0.39, 0.29) is 24.5 Å². The Hall–Kier alpha value is -2.83. The Labute approximate surface area is 193 Å². The van der Waals surface area contributed by atoms with Gasteiger partial charge in [-0.1, -0.05) is 37.6 Å². The standard InChI is InChI=1S/C25H28ClNO5/c1-15(2)14-32-20-10-7-18(13-16(20)3)23(28)21-22(17-5-8-19(26)9-6-17)27(11-12-31-4)25(30)24(21)29/h5-10,13,15,22,28H,11-12,14H2,1-4H3/t22-/m1/s1. The summed E-state index contributed by atoms with van der Waals surface area (Å²) in [5.74, 6) is -0.523. The molecule has 1 atom stereocenters. The Morgan fingerprint density at radius 1 is 1.16 bits per heavy atom. The van der Waals surface area contributed by atoms with E-state index in [1.807, 2.05) is 6.92 Å². The predicted molar refractivity (Wildman–Crippen MR) is 124 cm³/mol. The molecule has 0 saturated carbocycles. The molecule has 0 radical (unpaired) electrons. The Morgan fingerprint density at radius 2 is 1.84 bits per heavy atom. The summed E-state index contributed by atoms with van der Waals surface area (Å²) >= 11 is 6.03. The third-order valence-corrected chi connectivity index (χ3v) is 5.53. The lowest BCUT2D eigenvalue weighted by molar-refractivity contribution is -0.140. The highest BCUT2D eigenvalue weighted by molar-refractivity contribution is 6.46. The zero-order valence-electron chi connectivity index (χ0n) is 18.7. The van der Waals surface area contributed by atoms with Gasteiger partial charge in [-0.05, 0) is 54.3 Å². The first-order valence-electron chi connectivity index (χ1n) is 10.5. The van der Waals surface area contributed by atoms with Crippen LogP contribution in [0.1, 0.15) is 36.6 Å². The first kappa shape index (κ1) is 23.8. The van der Waals surface area contributed by atoms with Crippen molar-refractivity contribution in [2.75, 3.05) is 26.9 Å². The lowest BCUT2D eigenvalue weighted by atomic mass is 9.95. The number of likely N-dealkylation sites (tertiary alicyclic amines) is 1. The van der Waals surface area contributed by atoms with Crippen molar-refractivity contribution >= 4 is 29.1 Å². The summed E-state index contributed by atoms with van der Waals surface area (Å²) in [7, 11) is 1.53. The van der Waals surface area contributed by atoms with Crippen LogP contribution in [0, 0.1) is 12.8 Å². The number of aliphatic hydroxyl groups is 1. The highest BCUT2D eigenvalue weighted by atomic mass is 35.5. The number of aliphatic hydroxyl groups excluding tert-OH is 1. The molecule has 3 rings (SSSR count). The lowest BCUT2D eigenvalue weighted by Gasteiger charge is -2.25. The van der Waals surface area contributed by atoms with E-state index in [1.54, 1.807) is 42.5 Å². The second-order valence-electron chi connectivity index (χ2n) is 8.22. The fourth-order valence-electron chi connectivity index (χ4n) is 3.66. The van der Waals surface area contributed by atoms with Gasteiger partial charge in [0.1, 0.15) is 11.5 Å². The molecule has 1 N–H and O–H groups in total. The number of hydrogen-bond donors (Lipinski definition) is 1. The van der Waals surface area contributed by atoms with Crippen LogP contribution in [0.15, 0.2) is 48.0 Å². The van der Waals surface area contributed by atoms with E-state index in [2.05, 4.69) is 13.8 Å². The molecule has 2 aromatic carbocycles. The Morgan fingerprint density at radius 3 is 2.44 bits per heavy atom. The van der Waals surface area contributed by atoms with Gasteiger partial charge in [0.25, 0.3) is 11.7 Å². The number of benzene rings is 2. The molecule has 1 amide bonds. The van der Waals surface area contributed by atoms with Crippen LogP contribution in [0.2, 0.25) is 5.02 Å². The van der Waals surface area contributed by atoms with Gasteiger partial charge in [-0.3, -0.25) is 9.59 Å². The summed E-state index contributed by atoms with van der Waals surface area (Å²) in [6.45, 7) is 7.06. The number of methoxy groups -OCH3 is 1. The van der Waals surface area contributed by atoms with Crippen LogP contribution in [0.25, 0.3) is 5.76 Å². The normalized spacial score (nSPS) is 17.9. The number of ketones is 1. The summed E-state index contributed by atoms with van der Waals surface area (Å²) in [6.07, 6.45) is 0. The maximum Gasteiger partial charge on any atom is 0.295 e. The monoisotopic (exact) mass is 457 g/mol. The van der Waals surface area contributed by atoms with Crippen molar-refractivity contribution in [1.29, 1.82) is 0 Å². The molecular weight excluding hydrogens is 430 g/mol. The van der Waals surface area contributed by atoms with Crippen LogP contribution < -0.4 is 4.74 Å². The molecule has 2 aromatic rings. The number of amides is 1. The SMILES string of the molecule is COCCN1C(=O)C(=O)C(=C(O)c2ccc(OCC(C)C)c(C)c2)[C@H]1c1ccc(Cl)cc1. The van der Waals surface area contributed by atoms with Gasteiger partial charge < -0.3 is 19.5 Å². The van der Waals surface area contributed by atoms with E-state index in [0.717, 1.165) is 5.56 Å². The van der Waals surface area contributed by atoms with Crippen molar-refractivity contribution in [3.05, 3.63) is 69.8 Å². The molecule has 0 aliphatic carbocycles. The molecule has 170 valence electrons. The van der Waals surface area contributed by atoms with Crippen LogP contribution in [0.5, 0.6) is 5.75 Å². The van der Waals surface area contributed by atoms with Gasteiger partial charge in [0.2, 0.25) is 0 Å². The smallest absolute Gasteiger partial charge is 0.295 e. The average molecular weight is 458 g/mol. The molecule has 0 bridgehead atoms. The molecule has 1 saturated heterocycles. The highest BCUT2D eigenvalue weighted by Gasteiger charge is 2.45. The van der Waals surface area contributed by atoms with Gasteiger partial charge in [-0.15, -0.1) is 0 Å². The molecule has 0 spiro atoms. The van der Waals surface area contributed by atoms with E-state index < -0.39 is 17.7 Å². The highest BCUT2D eigenvalue weighted by Crippen LogP contribution is 2.40. The van der Waals surface area contributed by atoms with Crippen molar-refractivity contribution in [1.82, 2.24) is 4.90 Å². The summed E-state index contributed by atoms with van der Waals surface area (Å²) in [6, 6.07) is 11.4. The first-order valence-corrected chi connectivity index (χ1v) is 10.9. The van der Waals surface area contributed by atoms with Crippen LogP contribution in [0.4, 0.5) is 0 Å². The Bertz CT molecular complexity index is 1030. The molecule has 6 nitrogen and oxygen atoms in total. The van der Waals surface area contributed by atoms with Crippen molar-refractivity contribution in [3.8, 4) is 5.75 Å². The zero-order valence-corrected chi connectivity index (χ0v) is 19.5. The maximum absolute atomic E-state index is 13.0. The second-order valence-corrected chi connectivity index (χ2v) is 8.66. The molecule has 0 unspecified atom stereocenters. The van der Waals surface area contributed by atoms with Gasteiger partial charge in [0.05, 0.1) is 24.8 Å². The topological polar surface area (TPSA) is 76.1 Å². The number of nitrogens with zero attached hydrogens (tertiary/aromatic N) is 1. The second kappa shape index (κ2) is 10.2. The number of ether oxygens (including phenoxy) is 2. The Kier molecular flexibility index (Phi) is 7.59. The minimum atomic E-state index is -0.736. The van der Waals surface area contributed by atoms with Gasteiger partial charge in [0.15, 0.2) is 0 Å². The quantitative estimate of drug-likeness (QED) is 0.351. The minimum absolute atomic E-state index is 0.0451. The molecule has 32 heavy (non-hydrogen) atoms. The molecule has 0 aromatic heterocycles. The van der Waals surface area contributed by atoms with Crippen LogP contribution >= 0.6 is 11.6 Å². The minimum Gasteiger partial charge on any atom is -0.507 e. The van der Waals surface area contributed by atoms with Gasteiger partial charge in [0, 0.05) is 24.2 Å². The van der Waals surface area contributed by atoms with E-state index >= 15 is 0 Å². The van der Waals surface area contributed by atoms with Crippen LogP contribution in [-0.4, -0.2) is 48.6 Å². The molecule has 1 aliphatic rings. The summed E-state index contributed by atoms with van der Waals surface area (Å²) in [5.41, 5.74) is 2.00. The fraction of sp³-hybridized carbons (Fsp3) is 0.360. The summed E-state index contributed by atoms with van der Waals surface area (Å²) in [5, 5.41) is 11.7. The van der Waals surface area contributed by atoms with Crippen molar-refractivity contribution < 1.29 is 24.2 Å². The van der Waals surface area contributed by atoms with Crippen molar-refractivity contribution in [3.63, 3.8) is 0 Å². The van der Waals surface area contributed by atoms with Gasteiger partial charge >= 0.3 is 0 Å². The molecule has 1 heterocycles.